The highest BCUT2D eigenvalue weighted by Gasteiger charge is 2.30. The number of nitrogens with zero attached hydrogens (tertiary/aromatic N) is 2. The maximum atomic E-state index is 12.0. The van der Waals surface area contributed by atoms with Gasteiger partial charge in [0, 0.05) is 25.4 Å². The van der Waals surface area contributed by atoms with Gasteiger partial charge in [0.1, 0.15) is 0 Å². The molecule has 2 heterocycles. The molecule has 1 aromatic carbocycles. The molecule has 1 fully saturated rings. The fraction of sp³-hybridized carbons (Fsp3) is 0.333. The average Bonchev–Trinajstić information content (AvgIpc) is 2.91. The minimum Gasteiger partial charge on any atom is -0.477 e. The Morgan fingerprint density at radius 2 is 2.10 bits per heavy atom. The Labute approximate surface area is 116 Å². The van der Waals surface area contributed by atoms with Crippen LogP contribution in [0.25, 0.3) is 10.9 Å². The van der Waals surface area contributed by atoms with Gasteiger partial charge in [-0.05, 0) is 25.5 Å². The summed E-state index contributed by atoms with van der Waals surface area (Å²) in [5.41, 5.74) is 2.61. The van der Waals surface area contributed by atoms with E-state index in [1.165, 1.54) is 0 Å². The van der Waals surface area contributed by atoms with Gasteiger partial charge in [0.05, 0.1) is 11.2 Å². The highest BCUT2D eigenvalue weighted by molar-refractivity contribution is 6.12. The number of amides is 1. The van der Waals surface area contributed by atoms with Crippen molar-refractivity contribution < 1.29 is 14.7 Å². The van der Waals surface area contributed by atoms with E-state index in [1.807, 2.05) is 25.1 Å². The van der Waals surface area contributed by atoms with E-state index < -0.39 is 5.97 Å². The predicted octanol–water partition coefficient (Wildman–Crippen LogP) is 2.31. The molecular formula is C15H16N2O3. The van der Waals surface area contributed by atoms with Gasteiger partial charge in [-0.1, -0.05) is 11.6 Å². The molecule has 5 heteroatoms. The molecule has 0 bridgehead atoms. The summed E-state index contributed by atoms with van der Waals surface area (Å²) in [5.74, 6) is -1.00. The first-order chi connectivity index (χ1) is 9.50. The van der Waals surface area contributed by atoms with Crippen LogP contribution in [0.15, 0.2) is 18.2 Å². The van der Waals surface area contributed by atoms with Gasteiger partial charge in [-0.25, -0.2) is 4.79 Å². The van der Waals surface area contributed by atoms with Crippen molar-refractivity contribution in [1.29, 1.82) is 0 Å². The molecular weight excluding hydrogens is 256 g/mol. The number of carbonyl (C=O) groups is 2. The molecule has 1 aliphatic rings. The Morgan fingerprint density at radius 1 is 1.35 bits per heavy atom. The molecule has 1 N–H and O–H groups in total. The van der Waals surface area contributed by atoms with E-state index in [9.17, 15) is 14.7 Å². The Bertz CT molecular complexity index is 730. The summed E-state index contributed by atoms with van der Waals surface area (Å²) in [5, 5.41) is 10.3. The van der Waals surface area contributed by atoms with Gasteiger partial charge >= 0.3 is 5.97 Å². The third-order valence-electron chi connectivity index (χ3n) is 3.87. The minimum atomic E-state index is -1.00. The molecule has 0 radical (unpaired) electrons. The number of anilines is 1. The van der Waals surface area contributed by atoms with E-state index >= 15 is 0 Å². The van der Waals surface area contributed by atoms with Crippen molar-refractivity contribution in [2.75, 3.05) is 11.4 Å². The van der Waals surface area contributed by atoms with Crippen molar-refractivity contribution in [1.82, 2.24) is 4.57 Å². The number of hydrogen-bond donors (Lipinski definition) is 1. The van der Waals surface area contributed by atoms with E-state index in [-0.39, 0.29) is 11.6 Å². The number of aromatic nitrogens is 1. The number of benzene rings is 1. The van der Waals surface area contributed by atoms with Gasteiger partial charge in [-0.2, -0.15) is 0 Å². The topological polar surface area (TPSA) is 62.5 Å². The number of carboxylic acid groups (broad SMARTS) is 1. The van der Waals surface area contributed by atoms with Crippen LogP contribution in [-0.2, 0) is 11.8 Å². The van der Waals surface area contributed by atoms with Gasteiger partial charge in [-0.3, -0.25) is 4.79 Å². The van der Waals surface area contributed by atoms with Crippen LogP contribution < -0.4 is 4.90 Å². The molecule has 0 saturated carbocycles. The van der Waals surface area contributed by atoms with Crippen LogP contribution in [0.5, 0.6) is 0 Å². The van der Waals surface area contributed by atoms with E-state index in [0.29, 0.717) is 18.7 Å². The summed E-state index contributed by atoms with van der Waals surface area (Å²) in [6.45, 7) is 2.55. The maximum Gasteiger partial charge on any atom is 0.354 e. The van der Waals surface area contributed by atoms with E-state index in [2.05, 4.69) is 0 Å². The first kappa shape index (κ1) is 12.7. The van der Waals surface area contributed by atoms with E-state index in [4.69, 9.17) is 0 Å². The largest absolute Gasteiger partial charge is 0.477 e. The van der Waals surface area contributed by atoms with Crippen molar-refractivity contribution in [3.05, 3.63) is 29.5 Å². The van der Waals surface area contributed by atoms with E-state index in [1.54, 1.807) is 16.5 Å². The molecule has 2 aromatic rings. The standard InChI is InChI=1S/C15H16N2O3/c1-9-5-6-11-10(8-9)13(14(15(19)20)16(11)2)17-7-3-4-12(17)18/h5-6,8H,3-4,7H2,1-2H3,(H,19,20). The highest BCUT2D eigenvalue weighted by atomic mass is 16.4. The molecule has 0 unspecified atom stereocenters. The van der Waals surface area contributed by atoms with E-state index in [0.717, 1.165) is 22.9 Å². The van der Waals surface area contributed by atoms with Crippen molar-refractivity contribution in [2.45, 2.75) is 19.8 Å². The summed E-state index contributed by atoms with van der Waals surface area (Å²) < 4.78 is 1.65. The number of carboxylic acids is 1. The smallest absolute Gasteiger partial charge is 0.354 e. The van der Waals surface area contributed by atoms with Gasteiger partial charge in [0.15, 0.2) is 5.69 Å². The second-order valence-corrected chi connectivity index (χ2v) is 5.23. The first-order valence-electron chi connectivity index (χ1n) is 6.63. The number of aromatic carboxylic acids is 1. The second-order valence-electron chi connectivity index (χ2n) is 5.23. The third-order valence-corrected chi connectivity index (χ3v) is 3.87. The summed E-state index contributed by atoms with van der Waals surface area (Å²) in [4.78, 5) is 25.2. The fourth-order valence-corrected chi connectivity index (χ4v) is 2.94. The van der Waals surface area contributed by atoms with Gasteiger partial charge in [-0.15, -0.1) is 0 Å². The summed E-state index contributed by atoms with van der Waals surface area (Å²) >= 11 is 0. The fourth-order valence-electron chi connectivity index (χ4n) is 2.94. The van der Waals surface area contributed by atoms with Crippen LogP contribution in [0.1, 0.15) is 28.9 Å². The highest BCUT2D eigenvalue weighted by Crippen LogP contribution is 2.36. The molecule has 0 aliphatic carbocycles. The summed E-state index contributed by atoms with van der Waals surface area (Å²) in [6, 6.07) is 5.80. The molecule has 1 aliphatic heterocycles. The molecule has 1 saturated heterocycles. The second kappa shape index (κ2) is 4.37. The lowest BCUT2D eigenvalue weighted by atomic mass is 10.1. The lowest BCUT2D eigenvalue weighted by Crippen LogP contribution is -2.25. The number of fused-ring (bicyclic) bond motifs is 1. The molecule has 104 valence electrons. The first-order valence-corrected chi connectivity index (χ1v) is 6.63. The molecule has 20 heavy (non-hydrogen) atoms. The molecule has 3 rings (SSSR count). The SMILES string of the molecule is Cc1ccc2c(c1)c(N1CCCC1=O)c(C(=O)O)n2C. The Balaban J connectivity index is 2.37. The zero-order valence-electron chi connectivity index (χ0n) is 11.5. The van der Waals surface area contributed by atoms with Crippen molar-refractivity contribution >= 4 is 28.5 Å². The van der Waals surface area contributed by atoms with Gasteiger partial charge in [0.2, 0.25) is 5.91 Å². The van der Waals surface area contributed by atoms with Crippen molar-refractivity contribution in [2.24, 2.45) is 7.05 Å². The lowest BCUT2D eigenvalue weighted by Gasteiger charge is -2.16. The average molecular weight is 272 g/mol. The Kier molecular flexibility index (Phi) is 2.78. The molecule has 1 aromatic heterocycles. The minimum absolute atomic E-state index is 0.00139. The van der Waals surface area contributed by atoms with Crippen molar-refractivity contribution in [3.63, 3.8) is 0 Å². The maximum absolute atomic E-state index is 12.0. The molecule has 1 amide bonds. The van der Waals surface area contributed by atoms with Crippen LogP contribution in [0, 0.1) is 6.92 Å². The number of hydrogen-bond acceptors (Lipinski definition) is 2. The normalized spacial score (nSPS) is 15.3. The van der Waals surface area contributed by atoms with Crippen LogP contribution in [0.3, 0.4) is 0 Å². The van der Waals surface area contributed by atoms with Crippen LogP contribution >= 0.6 is 0 Å². The lowest BCUT2D eigenvalue weighted by molar-refractivity contribution is -0.117. The van der Waals surface area contributed by atoms with Gasteiger partial charge in [0.25, 0.3) is 0 Å². The third kappa shape index (κ3) is 1.70. The van der Waals surface area contributed by atoms with Crippen LogP contribution in [0.4, 0.5) is 5.69 Å². The molecule has 5 nitrogen and oxygen atoms in total. The summed E-state index contributed by atoms with van der Waals surface area (Å²) in [7, 11) is 1.73. The number of aryl methyl sites for hydroxylation is 2. The molecule has 0 atom stereocenters. The Morgan fingerprint density at radius 3 is 2.70 bits per heavy atom. The van der Waals surface area contributed by atoms with Gasteiger partial charge < -0.3 is 14.6 Å². The summed E-state index contributed by atoms with van der Waals surface area (Å²) in [6.07, 6.45) is 1.27. The monoisotopic (exact) mass is 272 g/mol. The number of rotatable bonds is 2. The zero-order valence-corrected chi connectivity index (χ0v) is 11.5. The van der Waals surface area contributed by atoms with Crippen molar-refractivity contribution in [3.8, 4) is 0 Å². The van der Waals surface area contributed by atoms with Crippen LogP contribution in [0.2, 0.25) is 0 Å². The quantitative estimate of drug-likeness (QED) is 0.912. The predicted molar refractivity (Wildman–Crippen MR) is 76.2 cm³/mol. The Hall–Kier alpha value is -2.30. The zero-order chi connectivity index (χ0) is 14.4. The molecule has 0 spiro atoms. The van der Waals surface area contributed by atoms with Crippen LogP contribution in [-0.4, -0.2) is 28.1 Å². The number of carbonyl (C=O) groups excluding carboxylic acids is 1.